The number of primary amides is 1. The highest BCUT2D eigenvalue weighted by molar-refractivity contribution is 7.17. The van der Waals surface area contributed by atoms with Crippen LogP contribution in [0.4, 0.5) is 0 Å². The number of thiophene rings is 1. The number of para-hydroxylation sites is 1. The fourth-order valence-corrected chi connectivity index (χ4v) is 4.46. The molecule has 1 saturated heterocycles. The molecular weight excluding hydrogens is 338 g/mol. The summed E-state index contributed by atoms with van der Waals surface area (Å²) in [6.07, 6.45) is 0. The maximum Gasteiger partial charge on any atom is 0.264 e. The minimum absolute atomic E-state index is 0.0515. The Balaban J connectivity index is 1.50. The van der Waals surface area contributed by atoms with E-state index in [-0.39, 0.29) is 18.4 Å². The van der Waals surface area contributed by atoms with E-state index in [1.807, 2.05) is 40.1 Å². The van der Waals surface area contributed by atoms with Gasteiger partial charge in [-0.05, 0) is 18.2 Å². The summed E-state index contributed by atoms with van der Waals surface area (Å²) in [5.41, 5.74) is 7.36. The Morgan fingerprint density at radius 1 is 1.16 bits per heavy atom. The third kappa shape index (κ3) is 3.12. The van der Waals surface area contributed by atoms with Crippen LogP contribution in [0.15, 0.2) is 30.3 Å². The molecule has 0 spiro atoms. The van der Waals surface area contributed by atoms with Gasteiger partial charge in [-0.3, -0.25) is 14.5 Å². The summed E-state index contributed by atoms with van der Waals surface area (Å²) in [5, 5.41) is 0. The summed E-state index contributed by atoms with van der Waals surface area (Å²) in [6, 6.07) is 9.87. The first-order valence-corrected chi connectivity index (χ1v) is 9.08. The maximum absolute atomic E-state index is 12.8. The normalized spacial score (nSPS) is 16.7. The molecule has 2 N–H and O–H groups in total. The molecule has 6 nitrogen and oxygen atoms in total. The topological polar surface area (TPSA) is 75.9 Å². The SMILES string of the molecule is NC(=O)CN1CCN(C(=O)c2cc3c(s2)-c2ccccc2OC3)CC1. The lowest BCUT2D eigenvalue weighted by Gasteiger charge is -2.33. The third-order valence-corrected chi connectivity index (χ3v) is 5.77. The number of benzene rings is 1. The number of fused-ring (bicyclic) bond motifs is 3. The van der Waals surface area contributed by atoms with Crippen molar-refractivity contribution in [3.63, 3.8) is 0 Å². The van der Waals surface area contributed by atoms with Gasteiger partial charge in [0.15, 0.2) is 0 Å². The van der Waals surface area contributed by atoms with Gasteiger partial charge in [0, 0.05) is 42.2 Å². The summed E-state index contributed by atoms with van der Waals surface area (Å²) in [7, 11) is 0. The number of carbonyl (C=O) groups excluding carboxylic acids is 2. The Labute approximate surface area is 149 Å². The van der Waals surface area contributed by atoms with Crippen LogP contribution in [0.3, 0.4) is 0 Å². The summed E-state index contributed by atoms with van der Waals surface area (Å²) >= 11 is 1.53. The molecule has 2 aliphatic rings. The van der Waals surface area contributed by atoms with Crippen molar-refractivity contribution in [1.29, 1.82) is 0 Å². The van der Waals surface area contributed by atoms with Crippen molar-refractivity contribution in [2.24, 2.45) is 5.73 Å². The molecule has 3 heterocycles. The predicted octanol–water partition coefficient (Wildman–Crippen LogP) is 1.55. The lowest BCUT2D eigenvalue weighted by Crippen LogP contribution is -2.50. The molecule has 25 heavy (non-hydrogen) atoms. The number of amides is 2. The van der Waals surface area contributed by atoms with E-state index in [9.17, 15) is 9.59 Å². The van der Waals surface area contributed by atoms with Crippen molar-refractivity contribution in [3.8, 4) is 16.2 Å². The molecule has 4 rings (SSSR count). The number of hydrogen-bond acceptors (Lipinski definition) is 5. The van der Waals surface area contributed by atoms with Gasteiger partial charge in [0.05, 0.1) is 11.4 Å². The highest BCUT2D eigenvalue weighted by Crippen LogP contribution is 2.42. The number of ether oxygens (including phenoxy) is 1. The van der Waals surface area contributed by atoms with E-state index in [0.717, 1.165) is 26.6 Å². The van der Waals surface area contributed by atoms with Crippen LogP contribution in [0, 0.1) is 0 Å². The van der Waals surface area contributed by atoms with E-state index >= 15 is 0 Å². The van der Waals surface area contributed by atoms with E-state index in [0.29, 0.717) is 32.8 Å². The third-order valence-electron chi connectivity index (χ3n) is 4.57. The maximum atomic E-state index is 12.8. The zero-order valence-corrected chi connectivity index (χ0v) is 14.6. The fraction of sp³-hybridized carbons (Fsp3) is 0.333. The molecule has 2 aliphatic heterocycles. The second kappa shape index (κ2) is 6.50. The molecule has 1 aromatic heterocycles. The van der Waals surface area contributed by atoms with Gasteiger partial charge in [-0.2, -0.15) is 0 Å². The largest absolute Gasteiger partial charge is 0.488 e. The van der Waals surface area contributed by atoms with E-state index in [1.54, 1.807) is 0 Å². The molecule has 0 aliphatic carbocycles. The molecule has 0 bridgehead atoms. The Bertz CT molecular complexity index is 825. The second-order valence-electron chi connectivity index (χ2n) is 6.28. The smallest absolute Gasteiger partial charge is 0.264 e. The van der Waals surface area contributed by atoms with Crippen molar-refractivity contribution < 1.29 is 14.3 Å². The van der Waals surface area contributed by atoms with Crippen molar-refractivity contribution in [2.75, 3.05) is 32.7 Å². The van der Waals surface area contributed by atoms with Gasteiger partial charge < -0.3 is 15.4 Å². The zero-order chi connectivity index (χ0) is 17.4. The molecule has 0 radical (unpaired) electrons. The van der Waals surface area contributed by atoms with Crippen LogP contribution in [-0.2, 0) is 11.4 Å². The molecule has 2 amide bonds. The summed E-state index contributed by atoms with van der Waals surface area (Å²) in [5.74, 6) is 0.593. The first-order valence-electron chi connectivity index (χ1n) is 8.26. The Morgan fingerprint density at radius 3 is 2.68 bits per heavy atom. The monoisotopic (exact) mass is 357 g/mol. The summed E-state index contributed by atoms with van der Waals surface area (Å²) in [4.78, 5) is 29.5. The first kappa shape index (κ1) is 16.1. The second-order valence-corrected chi connectivity index (χ2v) is 7.34. The van der Waals surface area contributed by atoms with Crippen LogP contribution in [0.1, 0.15) is 15.2 Å². The zero-order valence-electron chi connectivity index (χ0n) is 13.7. The van der Waals surface area contributed by atoms with Crippen LogP contribution < -0.4 is 10.5 Å². The number of rotatable bonds is 3. The Morgan fingerprint density at radius 2 is 1.92 bits per heavy atom. The van der Waals surface area contributed by atoms with Crippen molar-refractivity contribution in [1.82, 2.24) is 9.80 Å². The molecule has 7 heteroatoms. The number of nitrogens with zero attached hydrogens (tertiary/aromatic N) is 2. The molecule has 0 atom stereocenters. The predicted molar refractivity (Wildman–Crippen MR) is 95.6 cm³/mol. The number of hydrogen-bond donors (Lipinski definition) is 1. The average molecular weight is 357 g/mol. The summed E-state index contributed by atoms with van der Waals surface area (Å²) < 4.78 is 5.77. The van der Waals surface area contributed by atoms with Gasteiger partial charge in [0.2, 0.25) is 5.91 Å². The van der Waals surface area contributed by atoms with Crippen LogP contribution in [0.25, 0.3) is 10.4 Å². The van der Waals surface area contributed by atoms with Gasteiger partial charge in [-0.15, -0.1) is 11.3 Å². The molecule has 0 saturated carbocycles. The molecule has 0 unspecified atom stereocenters. The van der Waals surface area contributed by atoms with Gasteiger partial charge in [0.25, 0.3) is 5.91 Å². The first-order chi connectivity index (χ1) is 12.1. The number of piperazine rings is 1. The molecular formula is C18H19N3O3S. The standard InChI is InChI=1S/C18H19N3O3S/c19-16(22)10-20-5-7-21(8-6-20)18(23)15-9-12-11-24-14-4-2-1-3-13(14)17(12)25-15/h1-4,9H,5-8,10-11H2,(H2,19,22). The average Bonchev–Trinajstić information content (AvgIpc) is 3.06. The molecule has 130 valence electrons. The highest BCUT2D eigenvalue weighted by atomic mass is 32.1. The molecule has 2 aromatic rings. The van der Waals surface area contributed by atoms with Crippen molar-refractivity contribution >= 4 is 23.2 Å². The number of carbonyl (C=O) groups is 2. The van der Waals surface area contributed by atoms with Gasteiger partial charge in [0.1, 0.15) is 12.4 Å². The minimum atomic E-state index is -0.329. The van der Waals surface area contributed by atoms with Crippen LogP contribution >= 0.6 is 11.3 Å². The van der Waals surface area contributed by atoms with E-state index < -0.39 is 0 Å². The van der Waals surface area contributed by atoms with Gasteiger partial charge >= 0.3 is 0 Å². The molecule has 1 fully saturated rings. The fourth-order valence-electron chi connectivity index (χ4n) is 3.29. The summed E-state index contributed by atoms with van der Waals surface area (Å²) in [6.45, 7) is 3.33. The minimum Gasteiger partial charge on any atom is -0.488 e. The van der Waals surface area contributed by atoms with Crippen molar-refractivity contribution in [2.45, 2.75) is 6.61 Å². The lowest BCUT2D eigenvalue weighted by molar-refractivity contribution is -0.119. The quantitative estimate of drug-likeness (QED) is 0.904. The molecule has 1 aromatic carbocycles. The van der Waals surface area contributed by atoms with E-state index in [1.165, 1.54) is 11.3 Å². The van der Waals surface area contributed by atoms with Gasteiger partial charge in [-0.1, -0.05) is 12.1 Å². The van der Waals surface area contributed by atoms with E-state index in [2.05, 4.69) is 0 Å². The van der Waals surface area contributed by atoms with Crippen LogP contribution in [0.2, 0.25) is 0 Å². The lowest BCUT2D eigenvalue weighted by atomic mass is 10.1. The van der Waals surface area contributed by atoms with Gasteiger partial charge in [-0.25, -0.2) is 0 Å². The van der Waals surface area contributed by atoms with E-state index in [4.69, 9.17) is 10.5 Å². The highest BCUT2D eigenvalue weighted by Gasteiger charge is 2.27. The number of nitrogens with two attached hydrogens (primary N) is 1. The Kier molecular flexibility index (Phi) is 4.19. The van der Waals surface area contributed by atoms with Crippen LogP contribution in [-0.4, -0.2) is 54.3 Å². The Hall–Kier alpha value is -2.38. The van der Waals surface area contributed by atoms with Crippen LogP contribution in [0.5, 0.6) is 5.75 Å². The van der Waals surface area contributed by atoms with Crippen molar-refractivity contribution in [3.05, 3.63) is 40.8 Å².